The van der Waals surface area contributed by atoms with Crippen molar-refractivity contribution < 1.29 is 9.53 Å². The van der Waals surface area contributed by atoms with Crippen molar-refractivity contribution in [2.45, 2.75) is 39.4 Å². The number of rotatable bonds is 8. The van der Waals surface area contributed by atoms with E-state index in [-0.39, 0.29) is 12.0 Å². The monoisotopic (exact) mass is 303 g/mol. The fraction of sp³-hybridized carbons (Fsp3) is 0.500. The highest BCUT2D eigenvalue weighted by molar-refractivity contribution is 5.75. The highest BCUT2D eigenvalue weighted by Crippen LogP contribution is 2.24. The molecule has 22 heavy (non-hydrogen) atoms. The maximum absolute atomic E-state index is 11.8. The van der Waals surface area contributed by atoms with Gasteiger partial charge in [-0.15, -0.1) is 5.10 Å². The number of ether oxygens (including phenoxy) is 1. The van der Waals surface area contributed by atoms with Gasteiger partial charge in [0.05, 0.1) is 12.8 Å². The molecular formula is C16H23N4O2. The summed E-state index contributed by atoms with van der Waals surface area (Å²) in [4.78, 5) is 11.8. The molecular weight excluding hydrogens is 280 g/mol. The van der Waals surface area contributed by atoms with E-state index in [0.29, 0.717) is 19.0 Å². The zero-order valence-electron chi connectivity index (χ0n) is 13.3. The molecule has 1 saturated carbocycles. The lowest BCUT2D eigenvalue weighted by Gasteiger charge is -2.17. The van der Waals surface area contributed by atoms with Gasteiger partial charge in [0.25, 0.3) is 0 Å². The summed E-state index contributed by atoms with van der Waals surface area (Å²) in [5.74, 6) is 1.36. The van der Waals surface area contributed by atoms with Crippen LogP contribution in [0.3, 0.4) is 0 Å². The Bertz CT molecular complexity index is 466. The number of nitrogens with one attached hydrogen (secondary N) is 1. The van der Waals surface area contributed by atoms with Crippen LogP contribution < -0.4 is 5.32 Å². The summed E-state index contributed by atoms with van der Waals surface area (Å²) >= 11 is 0. The van der Waals surface area contributed by atoms with Gasteiger partial charge in [-0.25, -0.2) is 0 Å². The molecule has 1 aliphatic carbocycles. The molecule has 1 N–H and O–H groups in total. The van der Waals surface area contributed by atoms with Crippen molar-refractivity contribution in [1.29, 1.82) is 0 Å². The Morgan fingerprint density at radius 3 is 2.73 bits per heavy atom. The van der Waals surface area contributed by atoms with Crippen molar-refractivity contribution in [3.05, 3.63) is 43.5 Å². The minimum absolute atomic E-state index is 0.238. The summed E-state index contributed by atoms with van der Waals surface area (Å²) in [6.45, 7) is 5.35. The summed E-state index contributed by atoms with van der Waals surface area (Å²) in [5.41, 5.74) is 0.809. The van der Waals surface area contributed by atoms with E-state index in [4.69, 9.17) is 4.74 Å². The average Bonchev–Trinajstić information content (AvgIpc) is 3.14. The second kappa shape index (κ2) is 8.27. The smallest absolute Gasteiger partial charge is 0.322 e. The third kappa shape index (κ3) is 5.09. The number of hydrogen-bond acceptors (Lipinski definition) is 5. The maximum atomic E-state index is 11.8. The number of carbonyl (C=O) groups is 1. The van der Waals surface area contributed by atoms with Crippen LogP contribution in [-0.4, -0.2) is 34.1 Å². The fourth-order valence-electron chi connectivity index (χ4n) is 2.31. The normalized spacial score (nSPS) is 17.1. The first-order valence-electron chi connectivity index (χ1n) is 7.49. The molecule has 1 aliphatic rings. The predicted octanol–water partition coefficient (Wildman–Crippen LogP) is 1.36. The van der Waals surface area contributed by atoms with Crippen molar-refractivity contribution in [3.8, 4) is 0 Å². The van der Waals surface area contributed by atoms with E-state index < -0.39 is 0 Å². The Hall–Kier alpha value is -1.43. The van der Waals surface area contributed by atoms with Crippen LogP contribution in [0.4, 0.5) is 0 Å². The van der Waals surface area contributed by atoms with E-state index in [2.05, 4.69) is 42.3 Å². The Labute approximate surface area is 132 Å². The third-order valence-corrected chi connectivity index (χ3v) is 3.38. The highest BCUT2D eigenvalue weighted by atomic mass is 16.5. The molecule has 6 nitrogen and oxygen atoms in total. The van der Waals surface area contributed by atoms with E-state index in [1.165, 1.54) is 13.0 Å². The van der Waals surface area contributed by atoms with E-state index in [9.17, 15) is 4.79 Å². The van der Waals surface area contributed by atoms with Gasteiger partial charge in [0.2, 0.25) is 0 Å². The molecule has 0 unspecified atom stereocenters. The lowest BCUT2D eigenvalue weighted by molar-refractivity contribution is -0.143. The zero-order chi connectivity index (χ0) is 15.9. The molecule has 0 bridgehead atoms. The van der Waals surface area contributed by atoms with Crippen LogP contribution in [0.1, 0.15) is 26.0 Å². The number of carbonyl (C=O) groups excluding carboxylic acids is 1. The molecule has 0 aromatic carbocycles. The highest BCUT2D eigenvalue weighted by Gasteiger charge is 2.21. The minimum atomic E-state index is -0.315. The van der Waals surface area contributed by atoms with Crippen LogP contribution in [0.25, 0.3) is 0 Å². The molecule has 0 saturated heterocycles. The van der Waals surface area contributed by atoms with E-state index in [1.54, 1.807) is 4.68 Å². The minimum Gasteiger partial charge on any atom is -0.468 e. The largest absolute Gasteiger partial charge is 0.468 e. The first kappa shape index (κ1) is 16.9. The zero-order valence-corrected chi connectivity index (χ0v) is 13.3. The number of hydrogen-bond donors (Lipinski definition) is 1. The molecule has 0 amide bonds. The maximum Gasteiger partial charge on any atom is 0.322 e. The molecule has 1 aromatic heterocycles. The molecule has 1 atom stereocenters. The fourth-order valence-corrected chi connectivity index (χ4v) is 2.31. The van der Waals surface area contributed by atoms with E-state index in [0.717, 1.165) is 12.1 Å². The van der Waals surface area contributed by atoms with Gasteiger partial charge in [0, 0.05) is 25.2 Å². The van der Waals surface area contributed by atoms with E-state index >= 15 is 0 Å². The molecule has 119 valence electrons. The summed E-state index contributed by atoms with van der Waals surface area (Å²) < 4.78 is 6.63. The van der Waals surface area contributed by atoms with Gasteiger partial charge in [-0.3, -0.25) is 14.8 Å². The van der Waals surface area contributed by atoms with Crippen molar-refractivity contribution in [3.63, 3.8) is 0 Å². The average molecular weight is 303 g/mol. The van der Waals surface area contributed by atoms with Gasteiger partial charge in [0.1, 0.15) is 6.04 Å². The number of nitrogens with zero attached hydrogens (tertiary/aromatic N) is 3. The van der Waals surface area contributed by atoms with Crippen molar-refractivity contribution >= 4 is 5.97 Å². The SMILES string of the molecule is COC(=O)[C@H](CC(C)C)NCc1cn(C[C]2[CH][CH][CH][CH]2)nn1. The standard InChI is InChI=1S/C16H23N4O2/c1-12(2)8-15(16(21)22-3)17-9-14-11-20(19-18-14)10-13-6-4-5-7-13/h4-7,11-12,15,17H,8-10H2,1-3H3/t15-/m0/s1. The first-order chi connectivity index (χ1) is 10.6. The molecule has 5 radical (unpaired) electrons. The first-order valence-corrected chi connectivity index (χ1v) is 7.49. The Morgan fingerprint density at radius 1 is 1.36 bits per heavy atom. The van der Waals surface area contributed by atoms with Gasteiger partial charge < -0.3 is 4.74 Å². The second-order valence-corrected chi connectivity index (χ2v) is 5.79. The topological polar surface area (TPSA) is 69.0 Å². The van der Waals surface area contributed by atoms with Crippen molar-refractivity contribution in [2.24, 2.45) is 5.92 Å². The van der Waals surface area contributed by atoms with E-state index in [1.807, 2.05) is 19.0 Å². The molecule has 2 rings (SSSR count). The summed E-state index contributed by atoms with van der Waals surface area (Å²) in [5, 5.41) is 11.4. The van der Waals surface area contributed by atoms with Gasteiger partial charge in [-0.05, 0) is 38.0 Å². The predicted molar refractivity (Wildman–Crippen MR) is 82.6 cm³/mol. The Balaban J connectivity index is 1.84. The van der Waals surface area contributed by atoms with Gasteiger partial charge in [-0.1, -0.05) is 19.1 Å². The van der Waals surface area contributed by atoms with Gasteiger partial charge >= 0.3 is 5.97 Å². The van der Waals surface area contributed by atoms with Crippen LogP contribution >= 0.6 is 0 Å². The second-order valence-electron chi connectivity index (χ2n) is 5.79. The quantitative estimate of drug-likeness (QED) is 0.734. The molecule has 6 heteroatoms. The lowest BCUT2D eigenvalue weighted by atomic mass is 10.0. The molecule has 1 fully saturated rings. The molecule has 0 spiro atoms. The number of esters is 1. The van der Waals surface area contributed by atoms with Gasteiger partial charge in [0.15, 0.2) is 0 Å². The van der Waals surface area contributed by atoms with Crippen LogP contribution in [0.15, 0.2) is 6.20 Å². The van der Waals surface area contributed by atoms with Crippen LogP contribution in [-0.2, 0) is 22.6 Å². The summed E-state index contributed by atoms with van der Waals surface area (Å²) in [6.07, 6.45) is 10.7. The summed E-state index contributed by atoms with van der Waals surface area (Å²) in [7, 11) is 1.41. The Kier molecular flexibility index (Phi) is 6.36. The third-order valence-electron chi connectivity index (χ3n) is 3.38. The molecule has 0 aliphatic heterocycles. The van der Waals surface area contributed by atoms with Gasteiger partial charge in [-0.2, -0.15) is 0 Å². The molecule has 1 aromatic rings. The number of aromatic nitrogens is 3. The lowest BCUT2D eigenvalue weighted by Crippen LogP contribution is -2.38. The van der Waals surface area contributed by atoms with Crippen LogP contribution in [0, 0.1) is 37.5 Å². The van der Waals surface area contributed by atoms with Crippen molar-refractivity contribution in [1.82, 2.24) is 20.3 Å². The van der Waals surface area contributed by atoms with Crippen LogP contribution in [0.5, 0.6) is 0 Å². The summed E-state index contributed by atoms with van der Waals surface area (Å²) in [6, 6.07) is -0.315. The number of methoxy groups -OCH3 is 1. The Morgan fingerprint density at radius 2 is 2.09 bits per heavy atom. The van der Waals surface area contributed by atoms with Crippen molar-refractivity contribution in [2.75, 3.05) is 7.11 Å². The van der Waals surface area contributed by atoms with Crippen LogP contribution in [0.2, 0.25) is 0 Å². The molecule has 1 heterocycles.